The molecule has 0 aliphatic heterocycles. The van der Waals surface area contributed by atoms with Crippen LogP contribution in [0, 0.1) is 0 Å². The molecule has 2 aromatic carbocycles. The normalized spacial score (nSPS) is 11.5. The third kappa shape index (κ3) is 4.29. The number of urea groups is 1. The monoisotopic (exact) mass is 334 g/mol. The first-order chi connectivity index (χ1) is 11.0. The van der Waals surface area contributed by atoms with E-state index >= 15 is 0 Å². The molecule has 0 radical (unpaired) electrons. The lowest BCUT2D eigenvalue weighted by atomic mass is 10.1. The van der Waals surface area contributed by atoms with Crippen LogP contribution in [0.3, 0.4) is 0 Å². The highest BCUT2D eigenvalue weighted by atomic mass is 35.5. The summed E-state index contributed by atoms with van der Waals surface area (Å²) >= 11 is 6.02. The summed E-state index contributed by atoms with van der Waals surface area (Å²) in [6.45, 7) is 1.88. The molecule has 2 amide bonds. The summed E-state index contributed by atoms with van der Waals surface area (Å²) in [5.74, 6) is 1.26. The van der Waals surface area contributed by atoms with Gasteiger partial charge in [0.2, 0.25) is 0 Å². The first-order valence-electron chi connectivity index (χ1n) is 7.09. The van der Waals surface area contributed by atoms with E-state index in [-0.39, 0.29) is 12.1 Å². The molecule has 122 valence electrons. The minimum absolute atomic E-state index is 0.211. The number of rotatable bonds is 5. The van der Waals surface area contributed by atoms with Crippen molar-refractivity contribution in [3.8, 4) is 11.5 Å². The molecule has 0 saturated heterocycles. The quantitative estimate of drug-likeness (QED) is 0.859. The molecule has 6 heteroatoms. The maximum absolute atomic E-state index is 12.1. The van der Waals surface area contributed by atoms with Crippen molar-refractivity contribution in [1.82, 2.24) is 5.32 Å². The molecule has 0 saturated carbocycles. The highest BCUT2D eigenvalue weighted by Crippen LogP contribution is 2.30. The van der Waals surface area contributed by atoms with Crippen molar-refractivity contribution in [2.45, 2.75) is 13.0 Å². The number of amides is 2. The molecule has 0 spiro atoms. The van der Waals surface area contributed by atoms with Crippen LogP contribution in [0.5, 0.6) is 11.5 Å². The topological polar surface area (TPSA) is 59.6 Å². The van der Waals surface area contributed by atoms with E-state index in [1.165, 1.54) is 0 Å². The molecule has 5 nitrogen and oxygen atoms in total. The van der Waals surface area contributed by atoms with Crippen molar-refractivity contribution in [3.63, 3.8) is 0 Å². The zero-order chi connectivity index (χ0) is 16.8. The largest absolute Gasteiger partial charge is 0.493 e. The molecule has 0 bridgehead atoms. The Morgan fingerprint density at radius 2 is 1.78 bits per heavy atom. The minimum atomic E-state index is -0.333. The van der Waals surface area contributed by atoms with Crippen molar-refractivity contribution >= 4 is 23.3 Å². The zero-order valence-corrected chi connectivity index (χ0v) is 14.0. The van der Waals surface area contributed by atoms with Gasteiger partial charge >= 0.3 is 6.03 Å². The Hall–Kier alpha value is -2.40. The van der Waals surface area contributed by atoms with Crippen LogP contribution in [0.1, 0.15) is 18.5 Å². The van der Waals surface area contributed by atoms with E-state index in [1.807, 2.05) is 19.1 Å². The van der Waals surface area contributed by atoms with E-state index < -0.39 is 0 Å². The van der Waals surface area contributed by atoms with Gasteiger partial charge in [0.15, 0.2) is 11.5 Å². The summed E-state index contributed by atoms with van der Waals surface area (Å²) < 4.78 is 10.5. The molecule has 2 aromatic rings. The van der Waals surface area contributed by atoms with Gasteiger partial charge in [-0.05, 0) is 36.8 Å². The van der Waals surface area contributed by atoms with E-state index in [4.69, 9.17) is 21.1 Å². The zero-order valence-electron chi connectivity index (χ0n) is 13.2. The van der Waals surface area contributed by atoms with Crippen LogP contribution in [0.25, 0.3) is 0 Å². The predicted molar refractivity (Wildman–Crippen MR) is 91.6 cm³/mol. The van der Waals surface area contributed by atoms with E-state index in [1.54, 1.807) is 44.6 Å². The lowest BCUT2D eigenvalue weighted by Crippen LogP contribution is -2.31. The van der Waals surface area contributed by atoms with Crippen LogP contribution in [0.4, 0.5) is 10.5 Å². The molecule has 0 aliphatic rings. The third-order valence-corrected chi connectivity index (χ3v) is 3.71. The Labute approximate surface area is 140 Å². The maximum atomic E-state index is 12.1. The fraction of sp³-hybridized carbons (Fsp3) is 0.235. The highest BCUT2D eigenvalue weighted by molar-refractivity contribution is 6.33. The second-order valence-electron chi connectivity index (χ2n) is 4.91. The van der Waals surface area contributed by atoms with Crippen LogP contribution >= 0.6 is 11.6 Å². The Morgan fingerprint density at radius 1 is 1.09 bits per heavy atom. The van der Waals surface area contributed by atoms with Gasteiger partial charge in [0, 0.05) is 0 Å². The van der Waals surface area contributed by atoms with Gasteiger partial charge in [-0.2, -0.15) is 0 Å². The Morgan fingerprint density at radius 3 is 2.43 bits per heavy atom. The van der Waals surface area contributed by atoms with Gasteiger partial charge in [0.1, 0.15) is 0 Å². The lowest BCUT2D eigenvalue weighted by Gasteiger charge is -2.17. The van der Waals surface area contributed by atoms with Crippen LogP contribution in [0.2, 0.25) is 5.02 Å². The Kier molecular flexibility index (Phi) is 5.71. The summed E-state index contributed by atoms with van der Waals surface area (Å²) in [4.78, 5) is 12.1. The number of hydrogen-bond donors (Lipinski definition) is 2. The van der Waals surface area contributed by atoms with E-state index in [2.05, 4.69) is 10.6 Å². The number of carbonyl (C=O) groups excluding carboxylic acids is 1. The Bertz CT molecular complexity index is 691. The molecule has 0 aliphatic carbocycles. The van der Waals surface area contributed by atoms with Crippen LogP contribution < -0.4 is 20.1 Å². The van der Waals surface area contributed by atoms with Crippen molar-refractivity contribution in [3.05, 3.63) is 53.1 Å². The van der Waals surface area contributed by atoms with E-state index in [0.29, 0.717) is 22.2 Å². The molecular formula is C17H19ClN2O3. The average Bonchev–Trinajstić information content (AvgIpc) is 2.56. The Balaban J connectivity index is 2.05. The number of hydrogen-bond acceptors (Lipinski definition) is 3. The fourth-order valence-corrected chi connectivity index (χ4v) is 2.31. The molecule has 1 unspecified atom stereocenters. The fourth-order valence-electron chi connectivity index (χ4n) is 2.12. The molecule has 2 N–H and O–H groups in total. The van der Waals surface area contributed by atoms with Gasteiger partial charge in [0.05, 0.1) is 31.0 Å². The highest BCUT2D eigenvalue weighted by Gasteiger charge is 2.13. The summed E-state index contributed by atoms with van der Waals surface area (Å²) in [6.07, 6.45) is 0. The second kappa shape index (κ2) is 7.74. The molecule has 1 atom stereocenters. The number of para-hydroxylation sites is 1. The molecular weight excluding hydrogens is 316 g/mol. The second-order valence-corrected chi connectivity index (χ2v) is 5.32. The summed E-state index contributed by atoms with van der Waals surface area (Å²) in [6, 6.07) is 12.0. The number of ether oxygens (including phenoxy) is 2. The van der Waals surface area contributed by atoms with Crippen molar-refractivity contribution in [2.75, 3.05) is 19.5 Å². The molecule has 0 aromatic heterocycles. The van der Waals surface area contributed by atoms with Crippen molar-refractivity contribution in [1.29, 1.82) is 0 Å². The number of anilines is 1. The summed E-state index contributed by atoms with van der Waals surface area (Å²) in [5, 5.41) is 6.07. The predicted octanol–water partition coefficient (Wildman–Crippen LogP) is 4.24. The number of halogens is 1. The van der Waals surface area contributed by atoms with Gasteiger partial charge in [-0.25, -0.2) is 4.79 Å². The first-order valence-corrected chi connectivity index (χ1v) is 7.47. The van der Waals surface area contributed by atoms with E-state index in [9.17, 15) is 4.79 Å². The van der Waals surface area contributed by atoms with E-state index in [0.717, 1.165) is 5.56 Å². The lowest BCUT2D eigenvalue weighted by molar-refractivity contribution is 0.249. The number of benzene rings is 2. The number of nitrogens with one attached hydrogen (secondary N) is 2. The number of methoxy groups -OCH3 is 2. The van der Waals surface area contributed by atoms with Gasteiger partial charge in [-0.3, -0.25) is 0 Å². The molecule has 0 heterocycles. The van der Waals surface area contributed by atoms with Crippen LogP contribution in [-0.2, 0) is 0 Å². The number of carbonyl (C=O) groups is 1. The maximum Gasteiger partial charge on any atom is 0.319 e. The third-order valence-electron chi connectivity index (χ3n) is 3.38. The van der Waals surface area contributed by atoms with Gasteiger partial charge < -0.3 is 20.1 Å². The van der Waals surface area contributed by atoms with Crippen molar-refractivity contribution < 1.29 is 14.3 Å². The summed E-state index contributed by atoms with van der Waals surface area (Å²) in [7, 11) is 3.15. The molecule has 23 heavy (non-hydrogen) atoms. The van der Waals surface area contributed by atoms with Crippen LogP contribution in [0.15, 0.2) is 42.5 Å². The standard InChI is InChI=1S/C17H19ClN2O3/c1-11(12-8-9-15(22-2)16(10-12)23-3)19-17(21)20-14-7-5-4-6-13(14)18/h4-11H,1-3H3,(H2,19,20,21). The molecule has 0 fully saturated rings. The van der Waals surface area contributed by atoms with Crippen molar-refractivity contribution in [2.24, 2.45) is 0 Å². The first kappa shape index (κ1) is 17.0. The molecule has 2 rings (SSSR count). The van der Waals surface area contributed by atoms with Gasteiger partial charge in [-0.15, -0.1) is 0 Å². The SMILES string of the molecule is COc1ccc(C(C)NC(=O)Nc2ccccc2Cl)cc1OC. The van der Waals surface area contributed by atoms with Gasteiger partial charge in [-0.1, -0.05) is 29.8 Å². The minimum Gasteiger partial charge on any atom is -0.493 e. The average molecular weight is 335 g/mol. The summed E-state index contributed by atoms with van der Waals surface area (Å²) in [5.41, 5.74) is 1.46. The smallest absolute Gasteiger partial charge is 0.319 e. The van der Waals surface area contributed by atoms with Crippen LogP contribution in [-0.4, -0.2) is 20.3 Å². The van der Waals surface area contributed by atoms with Gasteiger partial charge in [0.25, 0.3) is 0 Å².